The van der Waals surface area contributed by atoms with E-state index >= 15 is 23.2 Å². The molecule has 0 amide bonds. The summed E-state index contributed by atoms with van der Waals surface area (Å²) in [6.45, 7) is 4.33. The number of sulfonamides is 2. The fourth-order valence-corrected chi connectivity index (χ4v) is 16.6. The first-order chi connectivity index (χ1) is 42.0. The third kappa shape index (κ3) is 12.3. The van der Waals surface area contributed by atoms with Crippen molar-refractivity contribution in [1.29, 1.82) is 0 Å². The number of halogens is 2. The number of hydrogen-bond donors (Lipinski definition) is 4. The van der Waals surface area contributed by atoms with Gasteiger partial charge < -0.3 is 20.8 Å². The molecule has 6 aromatic rings. The number of phenols is 2. The van der Waals surface area contributed by atoms with Crippen molar-refractivity contribution in [2.24, 2.45) is 23.7 Å². The van der Waals surface area contributed by atoms with Crippen molar-refractivity contribution in [1.82, 2.24) is 29.0 Å². The Hall–Kier alpha value is -6.55. The molecule has 0 spiro atoms. The molecule has 0 aliphatic carbocycles. The van der Waals surface area contributed by atoms with E-state index in [0.29, 0.717) is 61.0 Å². The second kappa shape index (κ2) is 26.5. The molecule has 4 N–H and O–H groups in total. The first kappa shape index (κ1) is 64.4. The van der Waals surface area contributed by atoms with Crippen LogP contribution in [0.1, 0.15) is 103 Å². The van der Waals surface area contributed by atoms with Gasteiger partial charge in [0.25, 0.3) is 0 Å². The molecule has 4 aliphatic heterocycles. The molecule has 15 nitrogen and oxygen atoms in total. The lowest BCUT2D eigenvalue weighted by molar-refractivity contribution is -0.171. The zero-order valence-electron chi connectivity index (χ0n) is 51.0. The van der Waals surface area contributed by atoms with Crippen LogP contribution in [0.5, 0.6) is 11.5 Å². The van der Waals surface area contributed by atoms with E-state index in [-0.39, 0.29) is 103 Å². The average molecular weight is 1240 g/mol. The van der Waals surface area contributed by atoms with E-state index in [0.717, 1.165) is 12.5 Å². The number of aromatic hydroxyl groups is 2. The molecule has 0 aromatic heterocycles. The van der Waals surface area contributed by atoms with E-state index < -0.39 is 90.1 Å². The maximum atomic E-state index is 19.7. The summed E-state index contributed by atoms with van der Waals surface area (Å²) in [5.41, 5.74) is -0.519. The second-order valence-corrected chi connectivity index (χ2v) is 29.1. The first-order valence-corrected chi connectivity index (χ1v) is 34.3. The summed E-state index contributed by atoms with van der Waals surface area (Å²) in [5.74, 6) is -10.0. The average Bonchev–Trinajstić information content (AvgIpc) is 0.679. The van der Waals surface area contributed by atoms with Crippen LogP contribution >= 0.6 is 0 Å². The lowest BCUT2D eigenvalue weighted by Gasteiger charge is -2.67. The predicted molar refractivity (Wildman–Crippen MR) is 338 cm³/mol. The standard InChI is InChI=1S/C69H82F2N6O9S2/c1-45-55(29-15-31-59(45)70)61-57(65(80)49-23-13-27-53(78)39-49)43-76(37-35-74(3)87(5,83)84)68(51-25-17-33-72-41-51,63(61)47-19-9-7-10-20-47)67(82)69(52-26-18-34-73-42-52)64(48-21-11-8-12-22-48)62(56-30-16-32-60(71)46(56)2)58(66(81)50-24-14-28-54(79)40-50)44-77(69)38-36-75(4)88(6,85)86/h7-16,19-24,27-32,39-40,51-52,57-58,61-64,72-73,78-79H,17-18,25-26,33-38,41-44H2,1-6H3/t51?,52?,57-,58-,61+,62+,63-,64-,68-,69-/m0/s1. The van der Waals surface area contributed by atoms with Crippen molar-refractivity contribution >= 4 is 37.4 Å². The molecule has 10 rings (SSSR count). The molecule has 6 aromatic carbocycles. The highest BCUT2D eigenvalue weighted by Crippen LogP contribution is 2.64. The second-order valence-electron chi connectivity index (χ2n) is 24.9. The van der Waals surface area contributed by atoms with E-state index in [1.165, 1.54) is 59.1 Å². The Kier molecular flexibility index (Phi) is 19.4. The van der Waals surface area contributed by atoms with Crippen molar-refractivity contribution in [3.63, 3.8) is 0 Å². The number of nitrogens with one attached hydrogen (secondary N) is 2. The summed E-state index contributed by atoms with van der Waals surface area (Å²) in [5, 5.41) is 29.5. The summed E-state index contributed by atoms with van der Waals surface area (Å²) in [6.07, 6.45) is 4.34. The first-order valence-electron chi connectivity index (χ1n) is 30.6. The van der Waals surface area contributed by atoms with Gasteiger partial charge in [-0.15, -0.1) is 0 Å². The van der Waals surface area contributed by atoms with Crippen LogP contribution in [0.4, 0.5) is 8.78 Å². The van der Waals surface area contributed by atoms with Gasteiger partial charge in [0, 0.05) is 113 Å². The quantitative estimate of drug-likeness (QED) is 0.0530. The number of Topliss-reactive ketones (excluding diaryl/α,β-unsaturated/α-hetero) is 3. The molecule has 88 heavy (non-hydrogen) atoms. The van der Waals surface area contributed by atoms with Crippen LogP contribution in [0, 0.1) is 49.2 Å². The van der Waals surface area contributed by atoms with E-state index in [1.54, 1.807) is 50.2 Å². The lowest BCUT2D eigenvalue weighted by Crippen LogP contribution is -2.81. The van der Waals surface area contributed by atoms with Gasteiger partial charge in [-0.1, -0.05) is 109 Å². The summed E-state index contributed by atoms with van der Waals surface area (Å²) in [6, 6.07) is 40.8. The normalized spacial score (nSPS) is 26.7. The van der Waals surface area contributed by atoms with Gasteiger partial charge in [-0.2, -0.15) is 0 Å². The van der Waals surface area contributed by atoms with Crippen LogP contribution < -0.4 is 10.6 Å². The van der Waals surface area contributed by atoms with Gasteiger partial charge in [-0.3, -0.25) is 24.2 Å². The van der Waals surface area contributed by atoms with E-state index in [9.17, 15) is 27.0 Å². The third-order valence-corrected chi connectivity index (χ3v) is 22.7. The number of carbonyl (C=O) groups is 3. The van der Waals surface area contributed by atoms with Crippen molar-refractivity contribution < 1.29 is 50.2 Å². The zero-order chi connectivity index (χ0) is 62.9. The fraction of sp³-hybridized carbons (Fsp3) is 0.435. The van der Waals surface area contributed by atoms with Crippen LogP contribution in [0.15, 0.2) is 146 Å². The van der Waals surface area contributed by atoms with Gasteiger partial charge in [-0.05, 0) is 134 Å². The smallest absolute Gasteiger partial charge is 0.210 e. The molecule has 4 aliphatic rings. The van der Waals surface area contributed by atoms with Crippen molar-refractivity contribution in [2.45, 2.75) is 74.3 Å². The summed E-state index contributed by atoms with van der Waals surface area (Å²) in [7, 11) is -4.82. The minimum absolute atomic E-state index is 0.0926. The number of piperidine rings is 4. The van der Waals surface area contributed by atoms with Crippen LogP contribution in [0.25, 0.3) is 0 Å². The summed E-state index contributed by atoms with van der Waals surface area (Å²) >= 11 is 0. The van der Waals surface area contributed by atoms with E-state index in [4.69, 9.17) is 0 Å². The highest BCUT2D eigenvalue weighted by atomic mass is 32.2. The molecular weight excluding hydrogens is 1160 g/mol. The molecule has 468 valence electrons. The van der Waals surface area contributed by atoms with Gasteiger partial charge in [0.2, 0.25) is 20.0 Å². The van der Waals surface area contributed by atoms with E-state index in [1.807, 2.05) is 72.8 Å². The van der Waals surface area contributed by atoms with Gasteiger partial charge in [0.15, 0.2) is 17.3 Å². The number of carbonyl (C=O) groups excluding carboxylic acids is 3. The number of benzene rings is 6. The number of rotatable bonds is 20. The fourth-order valence-electron chi connectivity index (χ4n) is 15.8. The molecule has 0 saturated carbocycles. The maximum Gasteiger partial charge on any atom is 0.210 e. The third-order valence-electron chi connectivity index (χ3n) is 20.1. The largest absolute Gasteiger partial charge is 0.508 e. The number of ketones is 3. The highest BCUT2D eigenvalue weighted by molar-refractivity contribution is 7.88. The van der Waals surface area contributed by atoms with Gasteiger partial charge in [0.05, 0.1) is 23.6 Å². The van der Waals surface area contributed by atoms with Gasteiger partial charge in [0.1, 0.15) is 23.1 Å². The van der Waals surface area contributed by atoms with Gasteiger partial charge in [-0.25, -0.2) is 34.2 Å². The number of hydrogen-bond acceptors (Lipinski definition) is 13. The topological polar surface area (TPSA) is 197 Å². The highest BCUT2D eigenvalue weighted by Gasteiger charge is 2.72. The van der Waals surface area contributed by atoms with Crippen LogP contribution in [-0.2, 0) is 24.8 Å². The molecule has 0 bridgehead atoms. The molecule has 4 saturated heterocycles. The SMILES string of the molecule is Cc1c(F)cccc1[C@@H]1[C@@H](C(=O)c2cccc(O)c2)CN(CCN(C)S(C)(=O)=O)[C@@](C(=O)[C@]2(C3CCCNC3)[C@@H](c3ccccc3)[C@H](c3cccc(F)c3C)[C@@H](C(=O)c3cccc(O)c3)CN2CCN(C)S(C)(=O)=O)(C2CCCNC2)[C@H]1c1ccccc1. The van der Waals surface area contributed by atoms with Crippen molar-refractivity contribution in [2.75, 3.05) is 92.1 Å². The molecule has 0 radical (unpaired) electrons. The summed E-state index contributed by atoms with van der Waals surface area (Å²) in [4.78, 5) is 56.2. The zero-order valence-corrected chi connectivity index (χ0v) is 52.6. The van der Waals surface area contributed by atoms with Gasteiger partial charge >= 0.3 is 0 Å². The van der Waals surface area contributed by atoms with Crippen LogP contribution in [0.2, 0.25) is 0 Å². The molecule has 4 fully saturated rings. The van der Waals surface area contributed by atoms with E-state index in [2.05, 4.69) is 20.4 Å². The Bertz CT molecular complexity index is 3500. The Morgan fingerprint density at radius 3 is 1.27 bits per heavy atom. The lowest BCUT2D eigenvalue weighted by atomic mass is 9.47. The maximum absolute atomic E-state index is 19.7. The Balaban J connectivity index is 1.41. The van der Waals surface area contributed by atoms with Crippen LogP contribution in [-0.4, -0.2) is 166 Å². The van der Waals surface area contributed by atoms with Crippen LogP contribution in [0.3, 0.4) is 0 Å². The number of likely N-dealkylation sites (tertiary alicyclic amines) is 2. The molecule has 4 heterocycles. The van der Waals surface area contributed by atoms with Crippen molar-refractivity contribution in [3.05, 3.63) is 202 Å². The predicted octanol–water partition coefficient (Wildman–Crippen LogP) is 8.89. The Morgan fingerprint density at radius 2 is 0.932 bits per heavy atom. The minimum atomic E-state index is -3.89. The molecule has 19 heteroatoms. The molecule has 2 unspecified atom stereocenters. The number of nitrogens with zero attached hydrogens (tertiary/aromatic N) is 4. The minimum Gasteiger partial charge on any atom is -0.508 e. The number of phenolic OH excluding ortho intramolecular Hbond substituents is 2. The summed E-state index contributed by atoms with van der Waals surface area (Å²) < 4.78 is 91.3. The molecule has 10 atom stereocenters. The Labute approximate surface area is 517 Å². The van der Waals surface area contributed by atoms with Crippen molar-refractivity contribution in [3.8, 4) is 11.5 Å². The molecular formula is C69H82F2N6O9S2. The number of likely N-dealkylation sites (N-methyl/N-ethyl adjacent to an activating group) is 2. The monoisotopic (exact) mass is 1240 g/mol. The Morgan fingerprint density at radius 1 is 0.557 bits per heavy atom.